The first-order chi connectivity index (χ1) is 27.8. The molecule has 332 valence electrons. The third kappa shape index (κ3) is 12.1. The highest BCUT2D eigenvalue weighted by Crippen LogP contribution is 2.50. The van der Waals surface area contributed by atoms with Crippen LogP contribution in [0.4, 0.5) is 5.69 Å². The Morgan fingerprint density at radius 2 is 1.25 bits per heavy atom. The van der Waals surface area contributed by atoms with Gasteiger partial charge in [0.15, 0.2) is 0 Å². The van der Waals surface area contributed by atoms with E-state index in [2.05, 4.69) is 52.9 Å². The summed E-state index contributed by atoms with van der Waals surface area (Å²) in [5, 5.41) is 24.6. The molecular weight excluding hydrogens is 799 g/mol. The molecule has 5 N–H and O–H groups in total. The molecule has 0 aromatic heterocycles. The molecule has 0 bridgehead atoms. The maximum absolute atomic E-state index is 13.3. The number of hydrogen-bond acceptors (Lipinski definition) is 8. The number of ether oxygens (including phenoxy) is 3. The molecule has 5 rings (SSSR count). The van der Waals surface area contributed by atoms with Crippen LogP contribution >= 0.6 is 23.2 Å². The van der Waals surface area contributed by atoms with Gasteiger partial charge in [0.2, 0.25) is 5.91 Å². The molecule has 60 heavy (non-hydrogen) atoms. The largest absolute Gasteiger partial charge is 0.462 e. The smallest absolute Gasteiger partial charge is 0.338 e. The first-order valence-corrected chi connectivity index (χ1v) is 22.0. The van der Waals surface area contributed by atoms with Gasteiger partial charge in [-0.15, -0.1) is 0 Å². The number of esters is 1. The molecule has 3 aromatic carbocycles. The van der Waals surface area contributed by atoms with E-state index in [1.54, 1.807) is 31.2 Å². The fraction of sp³-hybridized carbons (Fsp3) is 0.592. The lowest BCUT2D eigenvalue weighted by molar-refractivity contribution is -0.117. The molecule has 3 aromatic rings. The van der Waals surface area contributed by atoms with E-state index >= 15 is 0 Å². The first-order valence-electron chi connectivity index (χ1n) is 21.2. The zero-order valence-corrected chi connectivity index (χ0v) is 39.3. The maximum Gasteiger partial charge on any atom is 0.338 e. The third-order valence-corrected chi connectivity index (χ3v) is 13.1. The second-order valence-corrected chi connectivity index (χ2v) is 21.0. The van der Waals surface area contributed by atoms with Gasteiger partial charge in [-0.25, -0.2) is 4.79 Å². The summed E-state index contributed by atoms with van der Waals surface area (Å²) < 4.78 is 17.0. The van der Waals surface area contributed by atoms with Gasteiger partial charge in [0.05, 0.1) is 48.7 Å². The van der Waals surface area contributed by atoms with Crippen molar-refractivity contribution in [3.8, 4) is 0 Å². The second-order valence-electron chi connectivity index (χ2n) is 20.2. The number of aliphatic hydroxyl groups excluding tert-OH is 2. The van der Waals surface area contributed by atoms with Crippen LogP contribution in [0.15, 0.2) is 60.7 Å². The SMILES string of the molecule is CC(C)(C)CCc1ccc(C2(N)COC(C)(C)C2CO)cc1Cl.CCOC(=O)c1ccc(NC(=O)CC2(c3ccc(CCC(C)(C)C)c(Cl)c3)COC(C)(C)C2CO)cc1. The van der Waals surface area contributed by atoms with Crippen molar-refractivity contribution in [1.29, 1.82) is 0 Å². The van der Waals surface area contributed by atoms with Crippen LogP contribution in [0.1, 0.15) is 128 Å². The summed E-state index contributed by atoms with van der Waals surface area (Å²) in [6.45, 7) is 23.7. The van der Waals surface area contributed by atoms with Crippen molar-refractivity contribution in [3.05, 3.63) is 98.5 Å². The van der Waals surface area contributed by atoms with Crippen LogP contribution < -0.4 is 11.1 Å². The van der Waals surface area contributed by atoms with Crippen LogP contribution in [-0.4, -0.2) is 66.3 Å². The number of anilines is 1. The standard InChI is InChI=1S/C30H40ClNO5.C19H30ClNO2/c1-7-36-27(35)21-9-12-23(13-10-21)32-26(34)17-30(19-37-29(5,6)25(30)18-33)22-11-8-20(24(31)16-22)14-15-28(2,3)4;1-17(2,3)9-8-13-6-7-14(10-15(13)20)19(21)12-23-18(4,5)16(19)11-22/h8-13,16,25,33H,7,14-15,17-19H2,1-6H3,(H,32,34);6-7,10,16,22H,8-9,11-12,21H2,1-5H3. The van der Waals surface area contributed by atoms with Crippen LogP contribution in [0, 0.1) is 22.7 Å². The van der Waals surface area contributed by atoms with Crippen molar-refractivity contribution in [2.24, 2.45) is 28.4 Å². The Labute approximate surface area is 369 Å². The van der Waals surface area contributed by atoms with Gasteiger partial charge >= 0.3 is 5.97 Å². The molecule has 0 aliphatic carbocycles. The van der Waals surface area contributed by atoms with Gasteiger partial charge in [0.1, 0.15) is 0 Å². The van der Waals surface area contributed by atoms with E-state index in [0.29, 0.717) is 29.5 Å². The summed E-state index contributed by atoms with van der Waals surface area (Å²) in [6.07, 6.45) is 4.01. The number of carbonyl (C=O) groups is 2. The lowest BCUT2D eigenvalue weighted by Crippen LogP contribution is -2.49. The Morgan fingerprint density at radius 3 is 1.73 bits per heavy atom. The van der Waals surface area contributed by atoms with Crippen LogP contribution in [0.2, 0.25) is 10.0 Å². The highest BCUT2D eigenvalue weighted by molar-refractivity contribution is 6.31. The van der Waals surface area contributed by atoms with E-state index in [-0.39, 0.29) is 54.8 Å². The number of amides is 1. The minimum absolute atomic E-state index is 0.00705. The van der Waals surface area contributed by atoms with E-state index in [1.807, 2.05) is 58.0 Å². The monoisotopic (exact) mass is 868 g/mol. The maximum atomic E-state index is 13.3. The van der Waals surface area contributed by atoms with Crippen molar-refractivity contribution in [2.45, 2.75) is 130 Å². The zero-order chi connectivity index (χ0) is 44.9. The molecule has 2 heterocycles. The number of nitrogens with two attached hydrogens (primary N) is 1. The number of rotatable bonds is 13. The summed E-state index contributed by atoms with van der Waals surface area (Å²) in [6, 6.07) is 18.7. The molecule has 0 radical (unpaired) electrons. The molecule has 1 amide bonds. The molecule has 0 saturated carbocycles. The highest BCUT2D eigenvalue weighted by atomic mass is 35.5. The molecule has 4 atom stereocenters. The summed E-state index contributed by atoms with van der Waals surface area (Å²) >= 11 is 13.2. The third-order valence-electron chi connectivity index (χ3n) is 12.4. The van der Waals surface area contributed by atoms with Crippen molar-refractivity contribution >= 4 is 40.8 Å². The second kappa shape index (κ2) is 19.6. The Morgan fingerprint density at radius 1 is 0.767 bits per heavy atom. The molecule has 9 nitrogen and oxygen atoms in total. The zero-order valence-electron chi connectivity index (χ0n) is 37.8. The van der Waals surface area contributed by atoms with Crippen LogP contribution in [0.25, 0.3) is 0 Å². The summed E-state index contributed by atoms with van der Waals surface area (Å²) in [5.74, 6) is -1.09. The minimum atomic E-state index is -0.751. The number of carbonyl (C=O) groups excluding carboxylic acids is 2. The molecular formula is C49H70Cl2N2O7. The Bertz CT molecular complexity index is 1930. The van der Waals surface area contributed by atoms with Gasteiger partial charge in [-0.2, -0.15) is 0 Å². The number of hydrogen-bond donors (Lipinski definition) is 4. The van der Waals surface area contributed by atoms with Gasteiger partial charge in [-0.05, 0) is 130 Å². The van der Waals surface area contributed by atoms with Crippen LogP contribution in [0.3, 0.4) is 0 Å². The molecule has 2 fully saturated rings. The van der Waals surface area contributed by atoms with E-state index in [4.69, 9.17) is 43.1 Å². The van der Waals surface area contributed by atoms with Crippen molar-refractivity contribution in [3.63, 3.8) is 0 Å². The van der Waals surface area contributed by atoms with Gasteiger partial charge < -0.3 is 35.5 Å². The Hall–Kier alpha value is -3.02. The number of halogens is 2. The van der Waals surface area contributed by atoms with E-state index in [1.165, 1.54) is 0 Å². The summed E-state index contributed by atoms with van der Waals surface area (Å²) in [7, 11) is 0. The normalized spacial score (nSPS) is 23.5. The molecule has 2 saturated heterocycles. The molecule has 2 aliphatic rings. The predicted octanol–water partition coefficient (Wildman–Crippen LogP) is 10.1. The number of aliphatic hydroxyl groups is 2. The fourth-order valence-electron chi connectivity index (χ4n) is 8.45. The number of aryl methyl sites for hydroxylation is 2. The average molecular weight is 870 g/mol. The van der Waals surface area contributed by atoms with Gasteiger partial charge in [0.25, 0.3) is 0 Å². The van der Waals surface area contributed by atoms with Crippen molar-refractivity contribution in [2.75, 3.05) is 38.4 Å². The summed E-state index contributed by atoms with van der Waals surface area (Å²) in [4.78, 5) is 25.3. The molecule has 4 unspecified atom stereocenters. The van der Waals surface area contributed by atoms with Gasteiger partial charge in [-0.1, -0.05) is 89.0 Å². The topological polar surface area (TPSA) is 140 Å². The van der Waals surface area contributed by atoms with E-state index in [0.717, 1.165) is 53.0 Å². The Balaban J connectivity index is 0.000000295. The number of benzene rings is 3. The molecule has 11 heteroatoms. The fourth-order valence-corrected chi connectivity index (χ4v) is 9.00. The molecule has 2 aliphatic heterocycles. The highest BCUT2D eigenvalue weighted by Gasteiger charge is 2.55. The van der Waals surface area contributed by atoms with Crippen molar-refractivity contribution in [1.82, 2.24) is 0 Å². The lowest BCUT2D eigenvalue weighted by atomic mass is 9.65. The van der Waals surface area contributed by atoms with Crippen LogP contribution in [0.5, 0.6) is 0 Å². The van der Waals surface area contributed by atoms with Crippen LogP contribution in [-0.2, 0) is 42.8 Å². The average Bonchev–Trinajstić information content (AvgIpc) is 3.56. The van der Waals surface area contributed by atoms with Gasteiger partial charge in [0, 0.05) is 46.0 Å². The molecule has 0 spiro atoms. The quantitative estimate of drug-likeness (QED) is 0.125. The van der Waals surface area contributed by atoms with E-state index in [9.17, 15) is 19.8 Å². The predicted molar refractivity (Wildman–Crippen MR) is 243 cm³/mol. The summed E-state index contributed by atoms with van der Waals surface area (Å²) in [5.41, 5.74) is 9.62. The number of nitrogens with one attached hydrogen (secondary N) is 1. The van der Waals surface area contributed by atoms with Gasteiger partial charge in [-0.3, -0.25) is 4.79 Å². The minimum Gasteiger partial charge on any atom is -0.462 e. The van der Waals surface area contributed by atoms with Crippen molar-refractivity contribution < 1.29 is 34.0 Å². The first kappa shape index (κ1) is 49.6. The lowest BCUT2D eigenvalue weighted by Gasteiger charge is -2.37. The Kier molecular flexibility index (Phi) is 16.2. The van der Waals surface area contributed by atoms with E-state index < -0.39 is 28.1 Å².